The van der Waals surface area contributed by atoms with Crippen molar-refractivity contribution in [3.8, 4) is 0 Å². The molecule has 1 aromatic rings. The van der Waals surface area contributed by atoms with Gasteiger partial charge in [-0.2, -0.15) is 0 Å². The van der Waals surface area contributed by atoms with Crippen molar-refractivity contribution in [3.05, 3.63) is 35.4 Å². The molecule has 20 heavy (non-hydrogen) atoms. The van der Waals surface area contributed by atoms with Crippen LogP contribution in [-0.4, -0.2) is 41.7 Å². The van der Waals surface area contributed by atoms with Crippen molar-refractivity contribution < 1.29 is 9.90 Å². The number of nitrogens with one attached hydrogen (secondary N) is 1. The fourth-order valence-electron chi connectivity index (χ4n) is 2.72. The standard InChI is InChI=1S/C16H24N2O2/c1-2-3-4-15-11-17-9-10-18(15)12-13-5-7-14(8-6-13)16(19)20/h5-8,15,17H,2-4,9-12H2,1H3,(H,19,20). The first kappa shape index (κ1) is 15.0. The Morgan fingerprint density at radius 3 is 2.80 bits per heavy atom. The van der Waals surface area contributed by atoms with Crippen molar-refractivity contribution in [2.45, 2.75) is 38.8 Å². The van der Waals surface area contributed by atoms with Crippen LogP contribution in [-0.2, 0) is 6.54 Å². The summed E-state index contributed by atoms with van der Waals surface area (Å²) in [6.45, 7) is 6.30. The van der Waals surface area contributed by atoms with Crippen LogP contribution in [0.2, 0.25) is 0 Å². The molecule has 1 unspecified atom stereocenters. The molecule has 1 saturated heterocycles. The highest BCUT2D eigenvalue weighted by atomic mass is 16.4. The molecule has 110 valence electrons. The van der Waals surface area contributed by atoms with E-state index in [4.69, 9.17) is 5.11 Å². The number of hydrogen-bond acceptors (Lipinski definition) is 3. The van der Waals surface area contributed by atoms with E-state index in [1.54, 1.807) is 12.1 Å². The van der Waals surface area contributed by atoms with E-state index >= 15 is 0 Å². The smallest absolute Gasteiger partial charge is 0.335 e. The summed E-state index contributed by atoms with van der Waals surface area (Å²) < 4.78 is 0. The molecule has 1 fully saturated rings. The summed E-state index contributed by atoms with van der Waals surface area (Å²) in [5.41, 5.74) is 1.55. The Kier molecular flexibility index (Phi) is 5.56. The van der Waals surface area contributed by atoms with Crippen LogP contribution in [0, 0.1) is 0 Å². The Hall–Kier alpha value is -1.39. The van der Waals surface area contributed by atoms with E-state index in [1.807, 2.05) is 12.1 Å². The van der Waals surface area contributed by atoms with Crippen LogP contribution < -0.4 is 5.32 Å². The molecule has 0 radical (unpaired) electrons. The minimum absolute atomic E-state index is 0.358. The number of hydrogen-bond donors (Lipinski definition) is 2. The Morgan fingerprint density at radius 2 is 2.15 bits per heavy atom. The van der Waals surface area contributed by atoms with Gasteiger partial charge < -0.3 is 10.4 Å². The Morgan fingerprint density at radius 1 is 1.40 bits per heavy atom. The molecule has 2 rings (SSSR count). The number of rotatable bonds is 6. The molecule has 0 aliphatic carbocycles. The summed E-state index contributed by atoms with van der Waals surface area (Å²) in [4.78, 5) is 13.4. The molecule has 0 aromatic heterocycles. The summed E-state index contributed by atoms with van der Waals surface area (Å²) in [6, 6.07) is 7.86. The molecule has 0 bridgehead atoms. The average molecular weight is 276 g/mol. The molecule has 4 heteroatoms. The third kappa shape index (κ3) is 4.05. The van der Waals surface area contributed by atoms with Crippen molar-refractivity contribution in [1.29, 1.82) is 0 Å². The topological polar surface area (TPSA) is 52.6 Å². The van der Waals surface area contributed by atoms with Crippen LogP contribution in [0.5, 0.6) is 0 Å². The first-order valence-corrected chi connectivity index (χ1v) is 7.47. The molecule has 0 saturated carbocycles. The van der Waals surface area contributed by atoms with Gasteiger partial charge in [-0.1, -0.05) is 31.9 Å². The molecule has 0 amide bonds. The van der Waals surface area contributed by atoms with Crippen LogP contribution in [0.1, 0.15) is 42.1 Å². The second-order valence-corrected chi connectivity index (χ2v) is 5.47. The quantitative estimate of drug-likeness (QED) is 0.837. The number of carbonyl (C=O) groups is 1. The summed E-state index contributed by atoms with van der Waals surface area (Å²) >= 11 is 0. The zero-order valence-corrected chi connectivity index (χ0v) is 12.1. The fraction of sp³-hybridized carbons (Fsp3) is 0.562. The molecule has 2 N–H and O–H groups in total. The lowest BCUT2D eigenvalue weighted by atomic mass is 10.0. The highest BCUT2D eigenvalue weighted by Crippen LogP contribution is 2.15. The number of piperazine rings is 1. The monoisotopic (exact) mass is 276 g/mol. The highest BCUT2D eigenvalue weighted by Gasteiger charge is 2.21. The van der Waals surface area contributed by atoms with Crippen molar-refractivity contribution >= 4 is 5.97 Å². The number of unbranched alkanes of at least 4 members (excludes halogenated alkanes) is 1. The Bertz CT molecular complexity index is 431. The lowest BCUT2D eigenvalue weighted by molar-refractivity contribution is 0.0697. The second kappa shape index (κ2) is 7.41. The predicted octanol–water partition coefficient (Wildman–Crippen LogP) is 2.35. The van der Waals surface area contributed by atoms with Gasteiger partial charge in [0.1, 0.15) is 0 Å². The van der Waals surface area contributed by atoms with Gasteiger partial charge in [0.25, 0.3) is 0 Å². The molecule has 1 atom stereocenters. The minimum atomic E-state index is -0.862. The Labute approximate surface area is 120 Å². The number of carboxylic acids is 1. The van der Waals surface area contributed by atoms with Gasteiger partial charge in [-0.3, -0.25) is 4.90 Å². The van der Waals surface area contributed by atoms with E-state index in [9.17, 15) is 4.79 Å². The van der Waals surface area contributed by atoms with Crippen LogP contribution in [0.25, 0.3) is 0 Å². The van der Waals surface area contributed by atoms with Gasteiger partial charge in [0.15, 0.2) is 0 Å². The van der Waals surface area contributed by atoms with E-state index in [1.165, 1.54) is 24.8 Å². The molecular weight excluding hydrogens is 252 g/mol. The molecular formula is C16H24N2O2. The number of aromatic carboxylic acids is 1. The normalized spacial score (nSPS) is 19.9. The van der Waals surface area contributed by atoms with Crippen LogP contribution in [0.4, 0.5) is 0 Å². The Balaban J connectivity index is 1.97. The maximum Gasteiger partial charge on any atom is 0.335 e. The van der Waals surface area contributed by atoms with Gasteiger partial charge in [-0.25, -0.2) is 4.79 Å². The SMILES string of the molecule is CCCCC1CNCCN1Cc1ccc(C(=O)O)cc1. The summed E-state index contributed by atoms with van der Waals surface area (Å²) in [5, 5.41) is 12.4. The van der Waals surface area contributed by atoms with Gasteiger partial charge in [0.2, 0.25) is 0 Å². The lowest BCUT2D eigenvalue weighted by Gasteiger charge is -2.36. The van der Waals surface area contributed by atoms with Crippen LogP contribution in [0.15, 0.2) is 24.3 Å². The van der Waals surface area contributed by atoms with Crippen molar-refractivity contribution in [2.75, 3.05) is 19.6 Å². The third-order valence-corrected chi connectivity index (χ3v) is 3.95. The fourth-order valence-corrected chi connectivity index (χ4v) is 2.72. The predicted molar refractivity (Wildman–Crippen MR) is 80.0 cm³/mol. The highest BCUT2D eigenvalue weighted by molar-refractivity contribution is 5.87. The molecule has 1 heterocycles. The summed E-state index contributed by atoms with van der Waals surface area (Å²) in [5.74, 6) is -0.862. The first-order valence-electron chi connectivity index (χ1n) is 7.47. The van der Waals surface area contributed by atoms with Crippen molar-refractivity contribution in [2.24, 2.45) is 0 Å². The molecule has 1 aliphatic heterocycles. The zero-order valence-electron chi connectivity index (χ0n) is 12.1. The van der Waals surface area contributed by atoms with Crippen LogP contribution >= 0.6 is 0 Å². The first-order chi connectivity index (χ1) is 9.70. The van der Waals surface area contributed by atoms with E-state index in [0.717, 1.165) is 26.2 Å². The largest absolute Gasteiger partial charge is 0.478 e. The molecule has 4 nitrogen and oxygen atoms in total. The maximum absolute atomic E-state index is 10.9. The third-order valence-electron chi connectivity index (χ3n) is 3.95. The maximum atomic E-state index is 10.9. The van der Waals surface area contributed by atoms with Crippen LogP contribution in [0.3, 0.4) is 0 Å². The summed E-state index contributed by atoms with van der Waals surface area (Å²) in [7, 11) is 0. The van der Waals surface area contributed by atoms with E-state index in [-0.39, 0.29) is 0 Å². The van der Waals surface area contributed by atoms with E-state index in [2.05, 4.69) is 17.1 Å². The zero-order chi connectivity index (χ0) is 14.4. The summed E-state index contributed by atoms with van der Waals surface area (Å²) in [6.07, 6.45) is 3.73. The average Bonchev–Trinajstić information content (AvgIpc) is 2.47. The van der Waals surface area contributed by atoms with E-state index < -0.39 is 5.97 Å². The van der Waals surface area contributed by atoms with Gasteiger partial charge in [-0.05, 0) is 24.1 Å². The second-order valence-electron chi connectivity index (χ2n) is 5.47. The number of carboxylic acid groups (broad SMARTS) is 1. The van der Waals surface area contributed by atoms with Crippen molar-refractivity contribution in [1.82, 2.24) is 10.2 Å². The lowest BCUT2D eigenvalue weighted by Crippen LogP contribution is -2.50. The minimum Gasteiger partial charge on any atom is -0.478 e. The number of nitrogens with zero attached hydrogens (tertiary/aromatic N) is 1. The van der Waals surface area contributed by atoms with Gasteiger partial charge in [0.05, 0.1) is 5.56 Å². The van der Waals surface area contributed by atoms with Gasteiger partial charge in [-0.15, -0.1) is 0 Å². The number of benzene rings is 1. The van der Waals surface area contributed by atoms with Gasteiger partial charge in [0, 0.05) is 32.2 Å². The molecule has 1 aromatic carbocycles. The van der Waals surface area contributed by atoms with Gasteiger partial charge >= 0.3 is 5.97 Å². The molecule has 1 aliphatic rings. The van der Waals surface area contributed by atoms with E-state index in [0.29, 0.717) is 11.6 Å². The molecule has 0 spiro atoms. The van der Waals surface area contributed by atoms with Crippen molar-refractivity contribution in [3.63, 3.8) is 0 Å².